The Bertz CT molecular complexity index is 143. The molecule has 1 rings (SSSR count). The van der Waals surface area contributed by atoms with Gasteiger partial charge in [0.05, 0.1) is 6.61 Å². The summed E-state index contributed by atoms with van der Waals surface area (Å²) in [5.41, 5.74) is 5.70. The van der Waals surface area contributed by atoms with Crippen molar-refractivity contribution in [2.24, 2.45) is 5.73 Å². The van der Waals surface area contributed by atoms with E-state index in [1.165, 1.54) is 0 Å². The van der Waals surface area contributed by atoms with Crippen molar-refractivity contribution in [1.82, 2.24) is 10.2 Å². The number of ether oxygens (including phenoxy) is 1. The van der Waals surface area contributed by atoms with Gasteiger partial charge in [-0.15, -0.1) is 0 Å². The maximum absolute atomic E-state index is 5.70. The van der Waals surface area contributed by atoms with Crippen molar-refractivity contribution < 1.29 is 4.74 Å². The fraction of sp³-hybridized carbons (Fsp3) is 1.00. The third-order valence-corrected chi connectivity index (χ3v) is 2.62. The molecule has 0 aromatic heterocycles. The Labute approximate surface area is 86.8 Å². The fourth-order valence-electron chi connectivity index (χ4n) is 1.76. The lowest BCUT2D eigenvalue weighted by atomic mass is 10.2. The lowest BCUT2D eigenvalue weighted by Crippen LogP contribution is -2.55. The first-order chi connectivity index (χ1) is 6.88. The molecule has 0 amide bonds. The van der Waals surface area contributed by atoms with Crippen molar-refractivity contribution >= 4 is 0 Å². The van der Waals surface area contributed by atoms with Crippen LogP contribution in [0.4, 0.5) is 0 Å². The molecule has 1 fully saturated rings. The molecule has 0 bridgehead atoms. The maximum atomic E-state index is 5.70. The molecule has 1 unspecified atom stereocenters. The summed E-state index contributed by atoms with van der Waals surface area (Å²) in [4.78, 5) is 2.42. The van der Waals surface area contributed by atoms with E-state index >= 15 is 0 Å². The monoisotopic (exact) mass is 201 g/mol. The van der Waals surface area contributed by atoms with E-state index in [0.717, 1.165) is 52.4 Å². The van der Waals surface area contributed by atoms with Crippen LogP contribution in [0.3, 0.4) is 0 Å². The first kappa shape index (κ1) is 11.9. The van der Waals surface area contributed by atoms with Crippen LogP contribution in [0.25, 0.3) is 0 Å². The van der Waals surface area contributed by atoms with Crippen LogP contribution in [0, 0.1) is 0 Å². The quantitative estimate of drug-likeness (QED) is 0.577. The van der Waals surface area contributed by atoms with Crippen molar-refractivity contribution in [2.75, 3.05) is 45.9 Å². The summed E-state index contributed by atoms with van der Waals surface area (Å²) in [6, 6.07) is 0.494. The second-order valence-electron chi connectivity index (χ2n) is 3.74. The van der Waals surface area contributed by atoms with Crippen molar-refractivity contribution in [3.63, 3.8) is 0 Å². The lowest BCUT2D eigenvalue weighted by Gasteiger charge is -2.35. The van der Waals surface area contributed by atoms with Gasteiger partial charge in [-0.3, -0.25) is 4.90 Å². The standard InChI is InChI=1S/C10H23N3O/c1-2-6-14-7-5-13-4-3-12-9-10(13)8-11/h10,12H,2-9,11H2,1H3. The van der Waals surface area contributed by atoms with Gasteiger partial charge in [0.2, 0.25) is 0 Å². The first-order valence-electron chi connectivity index (χ1n) is 5.61. The van der Waals surface area contributed by atoms with Gasteiger partial charge < -0.3 is 15.8 Å². The Balaban J connectivity index is 2.13. The summed E-state index contributed by atoms with van der Waals surface area (Å²) >= 11 is 0. The Morgan fingerprint density at radius 3 is 3.07 bits per heavy atom. The SMILES string of the molecule is CCCOCCN1CCNCC1CN. The van der Waals surface area contributed by atoms with E-state index in [1.807, 2.05) is 0 Å². The van der Waals surface area contributed by atoms with Crippen molar-refractivity contribution in [3.8, 4) is 0 Å². The van der Waals surface area contributed by atoms with E-state index in [9.17, 15) is 0 Å². The lowest BCUT2D eigenvalue weighted by molar-refractivity contribution is 0.0791. The van der Waals surface area contributed by atoms with Gasteiger partial charge in [-0.1, -0.05) is 6.92 Å². The normalized spacial score (nSPS) is 24.0. The number of nitrogens with zero attached hydrogens (tertiary/aromatic N) is 1. The van der Waals surface area contributed by atoms with Gasteiger partial charge in [0.25, 0.3) is 0 Å². The zero-order chi connectivity index (χ0) is 10.2. The molecular formula is C10H23N3O. The van der Waals surface area contributed by atoms with Crippen LogP contribution in [0.5, 0.6) is 0 Å². The third kappa shape index (κ3) is 3.92. The predicted octanol–water partition coefficient (Wildman–Crippen LogP) is -0.354. The summed E-state index contributed by atoms with van der Waals surface area (Å²) in [6.45, 7) is 8.79. The van der Waals surface area contributed by atoms with Crippen LogP contribution in [-0.2, 0) is 4.74 Å². The predicted molar refractivity (Wildman–Crippen MR) is 58.4 cm³/mol. The fourth-order valence-corrected chi connectivity index (χ4v) is 1.76. The third-order valence-electron chi connectivity index (χ3n) is 2.62. The highest BCUT2D eigenvalue weighted by Crippen LogP contribution is 2.01. The summed E-state index contributed by atoms with van der Waals surface area (Å²) in [7, 11) is 0. The Hall–Kier alpha value is -0.160. The summed E-state index contributed by atoms with van der Waals surface area (Å²) < 4.78 is 5.48. The molecular weight excluding hydrogens is 178 g/mol. The average molecular weight is 201 g/mol. The van der Waals surface area contributed by atoms with Crippen molar-refractivity contribution in [3.05, 3.63) is 0 Å². The molecule has 4 heteroatoms. The number of hydrogen-bond donors (Lipinski definition) is 2. The minimum Gasteiger partial charge on any atom is -0.380 e. The zero-order valence-electron chi connectivity index (χ0n) is 9.17. The highest BCUT2D eigenvalue weighted by molar-refractivity contribution is 4.79. The topological polar surface area (TPSA) is 50.5 Å². The van der Waals surface area contributed by atoms with Crippen molar-refractivity contribution in [1.29, 1.82) is 0 Å². The van der Waals surface area contributed by atoms with E-state index in [4.69, 9.17) is 10.5 Å². The molecule has 3 N–H and O–H groups in total. The Morgan fingerprint density at radius 1 is 1.50 bits per heavy atom. The zero-order valence-corrected chi connectivity index (χ0v) is 9.17. The maximum Gasteiger partial charge on any atom is 0.0593 e. The molecule has 0 aromatic rings. The summed E-state index contributed by atoms with van der Waals surface area (Å²) in [5.74, 6) is 0. The summed E-state index contributed by atoms with van der Waals surface area (Å²) in [6.07, 6.45) is 1.10. The van der Waals surface area contributed by atoms with Gasteiger partial charge >= 0.3 is 0 Å². The number of nitrogens with one attached hydrogen (secondary N) is 1. The van der Waals surface area contributed by atoms with Gasteiger partial charge in [0.1, 0.15) is 0 Å². The number of rotatable bonds is 6. The Kier molecular flexibility index (Phi) is 6.10. The van der Waals surface area contributed by atoms with Crippen LogP contribution in [0.15, 0.2) is 0 Å². The van der Waals surface area contributed by atoms with E-state index in [0.29, 0.717) is 6.04 Å². The van der Waals surface area contributed by atoms with Gasteiger partial charge in [0.15, 0.2) is 0 Å². The number of nitrogens with two attached hydrogens (primary N) is 1. The van der Waals surface area contributed by atoms with Gasteiger partial charge in [-0.2, -0.15) is 0 Å². The molecule has 14 heavy (non-hydrogen) atoms. The molecule has 1 saturated heterocycles. The molecule has 1 heterocycles. The van der Waals surface area contributed by atoms with Crippen LogP contribution < -0.4 is 11.1 Å². The summed E-state index contributed by atoms with van der Waals surface area (Å²) in [5, 5.41) is 3.35. The van der Waals surface area contributed by atoms with Crippen LogP contribution >= 0.6 is 0 Å². The minimum absolute atomic E-state index is 0.494. The van der Waals surface area contributed by atoms with Gasteiger partial charge in [-0.05, 0) is 6.42 Å². The highest BCUT2D eigenvalue weighted by Gasteiger charge is 2.19. The van der Waals surface area contributed by atoms with Gasteiger partial charge in [0, 0.05) is 45.4 Å². The largest absolute Gasteiger partial charge is 0.380 e. The number of piperazine rings is 1. The van der Waals surface area contributed by atoms with E-state index in [2.05, 4.69) is 17.1 Å². The van der Waals surface area contributed by atoms with Crippen molar-refractivity contribution in [2.45, 2.75) is 19.4 Å². The number of hydrogen-bond acceptors (Lipinski definition) is 4. The molecule has 1 aliphatic rings. The second-order valence-corrected chi connectivity index (χ2v) is 3.74. The molecule has 0 aliphatic carbocycles. The van der Waals surface area contributed by atoms with E-state index < -0.39 is 0 Å². The minimum atomic E-state index is 0.494. The molecule has 84 valence electrons. The highest BCUT2D eigenvalue weighted by atomic mass is 16.5. The van der Waals surface area contributed by atoms with Crippen LogP contribution in [-0.4, -0.2) is 56.9 Å². The molecule has 0 aromatic carbocycles. The molecule has 1 aliphatic heterocycles. The van der Waals surface area contributed by atoms with Gasteiger partial charge in [-0.25, -0.2) is 0 Å². The molecule has 1 atom stereocenters. The Morgan fingerprint density at radius 2 is 2.36 bits per heavy atom. The molecule has 4 nitrogen and oxygen atoms in total. The first-order valence-corrected chi connectivity index (χ1v) is 5.61. The molecule has 0 spiro atoms. The molecule has 0 saturated carbocycles. The van der Waals surface area contributed by atoms with Crippen LogP contribution in [0.1, 0.15) is 13.3 Å². The molecule has 0 radical (unpaired) electrons. The van der Waals surface area contributed by atoms with Crippen LogP contribution in [0.2, 0.25) is 0 Å². The average Bonchev–Trinajstić information content (AvgIpc) is 2.25. The van der Waals surface area contributed by atoms with E-state index in [1.54, 1.807) is 0 Å². The second kappa shape index (κ2) is 7.17. The van der Waals surface area contributed by atoms with E-state index in [-0.39, 0.29) is 0 Å². The smallest absolute Gasteiger partial charge is 0.0593 e.